The number of hydrogen-bond donors (Lipinski definition) is 0. The van der Waals surface area contributed by atoms with E-state index in [1.165, 1.54) is 0 Å². The maximum absolute atomic E-state index is 5.80. The molecule has 0 unspecified atom stereocenters. The molecule has 96 valence electrons. The van der Waals surface area contributed by atoms with Gasteiger partial charge in [-0.05, 0) is 49.2 Å². The quantitative estimate of drug-likeness (QED) is 0.674. The predicted molar refractivity (Wildman–Crippen MR) is 71.8 cm³/mol. The highest BCUT2D eigenvalue weighted by atomic mass is 31.2. The van der Waals surface area contributed by atoms with E-state index < -0.39 is 8.17 Å². The first kappa shape index (κ1) is 10.9. The SMILES string of the molecule is Cc1ccc2c(c1)O[P+]1(O2)Oc2ccc(C)cc2O1. The largest absolute Gasteiger partial charge is 0.767 e. The van der Waals surface area contributed by atoms with Gasteiger partial charge in [-0.15, -0.1) is 0 Å². The van der Waals surface area contributed by atoms with Gasteiger partial charge in [-0.25, -0.2) is 18.1 Å². The summed E-state index contributed by atoms with van der Waals surface area (Å²) in [5, 5.41) is 0. The lowest BCUT2D eigenvalue weighted by Gasteiger charge is -2.03. The molecule has 0 fully saturated rings. The lowest BCUT2D eigenvalue weighted by molar-refractivity contribution is 0.333. The minimum Gasteiger partial charge on any atom is -0.237 e. The summed E-state index contributed by atoms with van der Waals surface area (Å²) in [5.41, 5.74) is 2.21. The van der Waals surface area contributed by atoms with Gasteiger partial charge < -0.3 is 0 Å². The second-order valence-corrected chi connectivity index (χ2v) is 6.34. The molecule has 0 radical (unpaired) electrons. The van der Waals surface area contributed by atoms with Crippen LogP contribution in [0.1, 0.15) is 11.1 Å². The minimum atomic E-state index is -2.80. The third-order valence-electron chi connectivity index (χ3n) is 3.04. The molecule has 0 aromatic heterocycles. The van der Waals surface area contributed by atoms with Crippen LogP contribution < -0.4 is 18.1 Å². The summed E-state index contributed by atoms with van der Waals surface area (Å²) >= 11 is 0. The first-order valence-corrected chi connectivity index (χ1v) is 7.48. The molecule has 0 saturated heterocycles. The maximum atomic E-state index is 5.80. The van der Waals surface area contributed by atoms with Gasteiger partial charge in [-0.3, -0.25) is 0 Å². The van der Waals surface area contributed by atoms with Gasteiger partial charge in [0.2, 0.25) is 23.0 Å². The lowest BCUT2D eigenvalue weighted by atomic mass is 10.2. The average Bonchev–Trinajstić information content (AvgIpc) is 2.87. The molecule has 2 aliphatic heterocycles. The predicted octanol–water partition coefficient (Wildman–Crippen LogP) is 4.22. The number of fused-ring (bicyclic) bond motifs is 2. The van der Waals surface area contributed by atoms with Crippen LogP contribution in [0.3, 0.4) is 0 Å². The zero-order chi connectivity index (χ0) is 13.0. The molecule has 2 aromatic rings. The fourth-order valence-electron chi connectivity index (χ4n) is 2.12. The van der Waals surface area contributed by atoms with E-state index >= 15 is 0 Å². The summed E-state index contributed by atoms with van der Waals surface area (Å²) < 4.78 is 23.2. The van der Waals surface area contributed by atoms with Gasteiger partial charge >= 0.3 is 8.17 Å². The Morgan fingerprint density at radius 1 is 0.632 bits per heavy atom. The molecule has 2 aliphatic rings. The molecular formula is C14H12O4P+. The molecule has 0 bridgehead atoms. The van der Waals surface area contributed by atoms with Crippen molar-refractivity contribution >= 4 is 8.17 Å². The minimum absolute atomic E-state index is 0.670. The van der Waals surface area contributed by atoms with E-state index in [4.69, 9.17) is 18.1 Å². The standard InChI is InChI=1S/C14H12O4P/c1-9-3-5-11-13(7-9)17-19(15-11)16-12-6-4-10(2)8-14(12)18-19/h3-8H,1-2H3/q+1. The zero-order valence-electron chi connectivity index (χ0n) is 10.5. The molecule has 0 aliphatic carbocycles. The third-order valence-corrected chi connectivity index (χ3v) is 4.72. The van der Waals surface area contributed by atoms with Crippen LogP contribution >= 0.6 is 8.17 Å². The highest BCUT2D eigenvalue weighted by Crippen LogP contribution is 2.72. The van der Waals surface area contributed by atoms with Crippen LogP contribution in [0.4, 0.5) is 0 Å². The number of rotatable bonds is 0. The smallest absolute Gasteiger partial charge is 0.237 e. The Kier molecular flexibility index (Phi) is 2.04. The van der Waals surface area contributed by atoms with Crippen LogP contribution in [0.15, 0.2) is 36.4 Å². The molecule has 0 atom stereocenters. The van der Waals surface area contributed by atoms with Gasteiger partial charge in [-0.1, -0.05) is 12.1 Å². The Morgan fingerprint density at radius 3 is 1.53 bits per heavy atom. The van der Waals surface area contributed by atoms with Crippen molar-refractivity contribution in [3.63, 3.8) is 0 Å². The van der Waals surface area contributed by atoms with Crippen molar-refractivity contribution in [3.05, 3.63) is 47.5 Å². The van der Waals surface area contributed by atoms with Crippen molar-refractivity contribution < 1.29 is 18.1 Å². The monoisotopic (exact) mass is 275 g/mol. The van der Waals surface area contributed by atoms with E-state index in [0.717, 1.165) is 11.1 Å². The van der Waals surface area contributed by atoms with Crippen LogP contribution in [0, 0.1) is 13.8 Å². The van der Waals surface area contributed by atoms with E-state index in [0.29, 0.717) is 23.0 Å². The first-order valence-electron chi connectivity index (χ1n) is 6.02. The molecule has 2 heterocycles. The molecule has 1 spiro atoms. The van der Waals surface area contributed by atoms with Crippen LogP contribution in [-0.4, -0.2) is 0 Å². The highest BCUT2D eigenvalue weighted by Gasteiger charge is 2.66. The zero-order valence-corrected chi connectivity index (χ0v) is 11.4. The highest BCUT2D eigenvalue weighted by molar-refractivity contribution is 7.58. The Balaban J connectivity index is 1.70. The molecule has 0 N–H and O–H groups in total. The summed E-state index contributed by atoms with van der Waals surface area (Å²) in [6.07, 6.45) is 0. The molecule has 2 aromatic carbocycles. The molecule has 19 heavy (non-hydrogen) atoms. The van der Waals surface area contributed by atoms with Crippen molar-refractivity contribution in [2.45, 2.75) is 13.8 Å². The molecular weight excluding hydrogens is 263 g/mol. The number of aryl methyl sites for hydroxylation is 2. The maximum Gasteiger partial charge on any atom is 0.767 e. The van der Waals surface area contributed by atoms with Crippen LogP contribution in [0.5, 0.6) is 23.0 Å². The van der Waals surface area contributed by atoms with E-state index in [9.17, 15) is 0 Å². The van der Waals surface area contributed by atoms with Gasteiger partial charge in [0.15, 0.2) is 0 Å². The second kappa shape index (κ2) is 3.55. The fourth-order valence-corrected chi connectivity index (χ4v) is 3.89. The van der Waals surface area contributed by atoms with Crippen molar-refractivity contribution in [1.82, 2.24) is 0 Å². The van der Waals surface area contributed by atoms with E-state index in [1.54, 1.807) is 0 Å². The second-order valence-electron chi connectivity index (χ2n) is 4.71. The summed E-state index contributed by atoms with van der Waals surface area (Å²) in [7, 11) is -2.80. The average molecular weight is 275 g/mol. The molecule has 0 amide bonds. The Labute approximate surface area is 111 Å². The normalized spacial score (nSPS) is 16.9. The summed E-state index contributed by atoms with van der Waals surface area (Å²) in [6, 6.07) is 11.5. The number of benzene rings is 2. The van der Waals surface area contributed by atoms with Gasteiger partial charge in [0, 0.05) is 0 Å². The van der Waals surface area contributed by atoms with E-state index in [2.05, 4.69) is 0 Å². The van der Waals surface area contributed by atoms with Crippen LogP contribution in [-0.2, 0) is 0 Å². The van der Waals surface area contributed by atoms with E-state index in [1.807, 2.05) is 50.2 Å². The molecule has 0 saturated carbocycles. The Bertz CT molecular complexity index is 624. The topological polar surface area (TPSA) is 36.9 Å². The molecule has 4 rings (SSSR count). The van der Waals surface area contributed by atoms with Gasteiger partial charge in [0.1, 0.15) is 0 Å². The van der Waals surface area contributed by atoms with Gasteiger partial charge in [0.25, 0.3) is 0 Å². The van der Waals surface area contributed by atoms with Gasteiger partial charge in [0.05, 0.1) is 0 Å². The Hall–Kier alpha value is -1.93. The Morgan fingerprint density at radius 2 is 1.05 bits per heavy atom. The fraction of sp³-hybridized carbons (Fsp3) is 0.143. The van der Waals surface area contributed by atoms with Crippen molar-refractivity contribution in [2.24, 2.45) is 0 Å². The van der Waals surface area contributed by atoms with Crippen molar-refractivity contribution in [1.29, 1.82) is 0 Å². The van der Waals surface area contributed by atoms with Crippen LogP contribution in [0.25, 0.3) is 0 Å². The van der Waals surface area contributed by atoms with Gasteiger partial charge in [-0.2, -0.15) is 0 Å². The lowest BCUT2D eigenvalue weighted by Crippen LogP contribution is -2.09. The summed E-state index contributed by atoms with van der Waals surface area (Å²) in [4.78, 5) is 0. The number of hydrogen-bond acceptors (Lipinski definition) is 4. The van der Waals surface area contributed by atoms with Crippen LogP contribution in [0.2, 0.25) is 0 Å². The summed E-state index contributed by atoms with van der Waals surface area (Å²) in [5.74, 6) is 2.70. The summed E-state index contributed by atoms with van der Waals surface area (Å²) in [6.45, 7) is 4.00. The van der Waals surface area contributed by atoms with Crippen molar-refractivity contribution in [2.75, 3.05) is 0 Å². The third kappa shape index (κ3) is 1.64. The molecule has 4 nitrogen and oxygen atoms in total. The molecule has 5 heteroatoms. The first-order chi connectivity index (χ1) is 9.13. The van der Waals surface area contributed by atoms with E-state index in [-0.39, 0.29) is 0 Å². The van der Waals surface area contributed by atoms with Crippen molar-refractivity contribution in [3.8, 4) is 23.0 Å².